The molecule has 0 unspecified atom stereocenters. The zero-order valence-corrected chi connectivity index (χ0v) is 29.5. The van der Waals surface area contributed by atoms with Gasteiger partial charge in [0.2, 0.25) is 6.71 Å². The highest BCUT2D eigenvalue weighted by Crippen LogP contribution is 2.34. The van der Waals surface area contributed by atoms with Gasteiger partial charge in [-0.2, -0.15) is 0 Å². The third-order valence-corrected chi connectivity index (χ3v) is 9.43. The molecule has 0 amide bonds. The molecule has 3 aromatic carbocycles. The second-order valence-electron chi connectivity index (χ2n) is 13.0. The van der Waals surface area contributed by atoms with Crippen LogP contribution >= 0.6 is 0 Å². The fourth-order valence-corrected chi connectivity index (χ4v) is 6.87. The molecule has 6 rings (SSSR count). The molecule has 0 aromatic heterocycles. The van der Waals surface area contributed by atoms with Gasteiger partial charge in [0.05, 0.1) is 5.70 Å². The minimum atomic E-state index is 0.228. The molecule has 0 radical (unpaired) electrons. The number of rotatable bonds is 9. The van der Waals surface area contributed by atoms with E-state index in [1.165, 1.54) is 50.1 Å². The van der Waals surface area contributed by atoms with Gasteiger partial charge in [-0.25, -0.2) is 0 Å². The van der Waals surface area contributed by atoms with E-state index in [0.29, 0.717) is 0 Å². The van der Waals surface area contributed by atoms with Crippen molar-refractivity contribution in [1.29, 1.82) is 0 Å². The van der Waals surface area contributed by atoms with Crippen molar-refractivity contribution in [2.75, 3.05) is 4.90 Å². The van der Waals surface area contributed by atoms with Gasteiger partial charge in [0.1, 0.15) is 0 Å². The predicted molar refractivity (Wildman–Crippen MR) is 221 cm³/mol. The van der Waals surface area contributed by atoms with Crippen LogP contribution in [0.15, 0.2) is 180 Å². The number of fused-ring (bicyclic) bond motifs is 1. The Kier molecular flexibility index (Phi) is 11.1. The van der Waals surface area contributed by atoms with Crippen LogP contribution in [0.4, 0.5) is 11.4 Å². The van der Waals surface area contributed by atoms with E-state index in [1.54, 1.807) is 6.08 Å². The first-order valence-electron chi connectivity index (χ1n) is 17.5. The fourth-order valence-electron chi connectivity index (χ4n) is 6.87. The highest BCUT2D eigenvalue weighted by Gasteiger charge is 2.21. The van der Waals surface area contributed by atoms with Crippen LogP contribution in [-0.2, 0) is 6.42 Å². The van der Waals surface area contributed by atoms with E-state index in [2.05, 4.69) is 160 Å². The van der Waals surface area contributed by atoms with Gasteiger partial charge in [-0.3, -0.25) is 4.99 Å². The van der Waals surface area contributed by atoms with Crippen molar-refractivity contribution in [3.05, 3.63) is 203 Å². The summed E-state index contributed by atoms with van der Waals surface area (Å²) in [6.45, 7) is 14.8. The number of anilines is 2. The van der Waals surface area contributed by atoms with Crippen molar-refractivity contribution in [1.82, 2.24) is 0 Å². The van der Waals surface area contributed by atoms with Crippen LogP contribution in [0, 0.1) is 6.92 Å². The third kappa shape index (κ3) is 7.79. The van der Waals surface area contributed by atoms with Gasteiger partial charge in [0.15, 0.2) is 0 Å². The first-order chi connectivity index (χ1) is 24.5. The maximum absolute atomic E-state index is 4.71. The molecule has 2 heterocycles. The Balaban J connectivity index is 1.26. The summed E-state index contributed by atoms with van der Waals surface area (Å²) in [5, 5.41) is 0. The van der Waals surface area contributed by atoms with Gasteiger partial charge in [0, 0.05) is 28.8 Å². The number of aryl methyl sites for hydroxylation is 1. The summed E-state index contributed by atoms with van der Waals surface area (Å²) < 4.78 is 0. The second-order valence-corrected chi connectivity index (χ2v) is 13.0. The van der Waals surface area contributed by atoms with Crippen LogP contribution in [0.2, 0.25) is 0 Å². The monoisotopic (exact) mass is 648 g/mol. The summed E-state index contributed by atoms with van der Waals surface area (Å²) in [7, 11) is 0. The lowest BCUT2D eigenvalue weighted by Crippen LogP contribution is -2.26. The topological polar surface area (TPSA) is 15.6 Å². The average Bonchev–Trinajstić information content (AvgIpc) is 3.46. The molecule has 0 spiro atoms. The first-order valence-corrected chi connectivity index (χ1v) is 17.5. The maximum Gasteiger partial charge on any atom is 0.226 e. The predicted octanol–water partition coefficient (Wildman–Crippen LogP) is 11.6. The average molecular weight is 649 g/mol. The minimum absolute atomic E-state index is 0.228. The lowest BCUT2D eigenvalue weighted by Gasteiger charge is -2.28. The maximum atomic E-state index is 4.71. The molecule has 3 aromatic rings. The van der Waals surface area contributed by atoms with Gasteiger partial charge < -0.3 is 4.90 Å². The van der Waals surface area contributed by atoms with Gasteiger partial charge in [0.25, 0.3) is 0 Å². The van der Waals surface area contributed by atoms with Crippen molar-refractivity contribution in [3.63, 3.8) is 0 Å². The Morgan fingerprint density at radius 3 is 2.60 bits per heavy atom. The lowest BCUT2D eigenvalue weighted by atomic mass is 9.46. The molecular weight excluding hydrogens is 603 g/mol. The zero-order valence-electron chi connectivity index (χ0n) is 29.5. The van der Waals surface area contributed by atoms with Crippen LogP contribution in [0.3, 0.4) is 0 Å². The Labute approximate surface area is 299 Å². The Morgan fingerprint density at radius 1 is 0.940 bits per heavy atom. The number of allylic oxidation sites excluding steroid dienone is 15. The van der Waals surface area contributed by atoms with E-state index in [0.717, 1.165) is 41.9 Å². The van der Waals surface area contributed by atoms with Gasteiger partial charge in [-0.05, 0) is 104 Å². The smallest absolute Gasteiger partial charge is 0.226 e. The van der Waals surface area contributed by atoms with Gasteiger partial charge in [-0.1, -0.05) is 139 Å². The SMILES string of the molecule is C=C/C=C\C=C(/C)N(c1ccccc1)c1ccc(B2C=CC(/C3=C/C=C(/C)Cc4c(ccc(C5=CCC=CC=N5)c4C=C)/C=C\C3)=C2)cc1C. The molecule has 1 aliphatic carbocycles. The molecule has 50 heavy (non-hydrogen) atoms. The Bertz CT molecular complexity index is 2090. The highest BCUT2D eigenvalue weighted by atomic mass is 15.1. The lowest BCUT2D eigenvalue weighted by molar-refractivity contribution is 1.12. The Hall–Kier alpha value is -5.67. The first kappa shape index (κ1) is 34.2. The van der Waals surface area contributed by atoms with Crippen LogP contribution in [0.25, 0.3) is 17.8 Å². The summed E-state index contributed by atoms with van der Waals surface area (Å²) in [5.41, 5.74) is 15.8. The molecule has 3 heteroatoms. The molecule has 0 fully saturated rings. The zero-order chi connectivity index (χ0) is 34.9. The number of aliphatic imine (C=N–C) groups is 1. The summed E-state index contributed by atoms with van der Waals surface area (Å²) >= 11 is 0. The quantitative estimate of drug-likeness (QED) is 0.167. The van der Waals surface area contributed by atoms with E-state index in [4.69, 9.17) is 4.99 Å². The van der Waals surface area contributed by atoms with E-state index in [9.17, 15) is 0 Å². The molecule has 0 saturated heterocycles. The molecule has 0 N–H and O–H groups in total. The fraction of sp³-hybridized carbons (Fsp3) is 0.128. The summed E-state index contributed by atoms with van der Waals surface area (Å²) in [4.78, 5) is 7.03. The normalized spacial score (nSPS) is 18.7. The van der Waals surface area contributed by atoms with Gasteiger partial charge >= 0.3 is 0 Å². The van der Waals surface area contributed by atoms with Crippen molar-refractivity contribution < 1.29 is 0 Å². The van der Waals surface area contributed by atoms with E-state index < -0.39 is 0 Å². The van der Waals surface area contributed by atoms with Crippen LogP contribution < -0.4 is 10.4 Å². The summed E-state index contributed by atoms with van der Waals surface area (Å²) in [6.07, 6.45) is 32.2. The highest BCUT2D eigenvalue weighted by molar-refractivity contribution is 6.83. The van der Waals surface area contributed by atoms with Crippen molar-refractivity contribution in [2.45, 2.75) is 40.0 Å². The van der Waals surface area contributed by atoms with Gasteiger partial charge in [-0.15, -0.1) is 5.98 Å². The molecule has 2 nitrogen and oxygen atoms in total. The number of nitrogens with zero attached hydrogens (tertiary/aromatic N) is 2. The largest absolute Gasteiger partial charge is 0.314 e. The number of hydrogen-bond donors (Lipinski definition) is 0. The van der Waals surface area contributed by atoms with E-state index in [1.807, 2.05) is 30.5 Å². The molecule has 246 valence electrons. The van der Waals surface area contributed by atoms with E-state index >= 15 is 0 Å². The second kappa shape index (κ2) is 16.2. The molecule has 2 aliphatic heterocycles. The van der Waals surface area contributed by atoms with Crippen molar-refractivity contribution in [2.24, 2.45) is 4.99 Å². The molecule has 0 saturated carbocycles. The summed E-state index contributed by atoms with van der Waals surface area (Å²) in [6, 6.07) is 21.9. The number of para-hydroxylation sites is 1. The molecular formula is C47H45BN2. The number of benzene rings is 3. The molecule has 0 bridgehead atoms. The third-order valence-electron chi connectivity index (χ3n) is 9.43. The minimum Gasteiger partial charge on any atom is -0.314 e. The van der Waals surface area contributed by atoms with Crippen LogP contribution in [0.1, 0.15) is 54.5 Å². The van der Waals surface area contributed by atoms with E-state index in [-0.39, 0.29) is 6.71 Å². The van der Waals surface area contributed by atoms with Crippen molar-refractivity contribution in [3.8, 4) is 0 Å². The van der Waals surface area contributed by atoms with Crippen molar-refractivity contribution >= 4 is 47.6 Å². The number of hydrogen-bond acceptors (Lipinski definition) is 2. The summed E-state index contributed by atoms with van der Waals surface area (Å²) in [5.74, 6) is 4.74. The Morgan fingerprint density at radius 2 is 1.80 bits per heavy atom. The molecule has 0 atom stereocenters. The standard InChI is InChI=1S/C47H45BN2/c1-6-8-11-17-37(5)50(42-20-12-9-13-21-42)47-28-26-41(33-36(47)4)48-30-29-40(34-48)38-18-16-19-39-25-27-44(46-22-14-10-15-31-49-46)43(7-2)45(39)32-35(3)23-24-38/h6-13,15-17,19-31,33-34H,1-2,14,18,32H2,3-5H3/b11-8-,19-16-,35-23-,37-17+,38-24+. The molecule has 3 aliphatic rings. The van der Waals surface area contributed by atoms with Crippen LogP contribution in [-0.4, -0.2) is 12.9 Å². The van der Waals surface area contributed by atoms with Crippen LogP contribution in [0.5, 0.6) is 0 Å².